The molecule has 1 aliphatic heterocycles. The number of para-hydroxylation sites is 2. The Morgan fingerprint density at radius 3 is 2.59 bits per heavy atom. The average molecular weight is 466 g/mol. The molecule has 0 fully saturated rings. The molecule has 0 bridgehead atoms. The molecule has 2 aromatic carbocycles. The summed E-state index contributed by atoms with van der Waals surface area (Å²) in [6.07, 6.45) is 6.66. The van der Waals surface area contributed by atoms with Crippen LogP contribution in [0, 0.1) is 0 Å². The summed E-state index contributed by atoms with van der Waals surface area (Å²) in [4.78, 5) is 15.5. The molecule has 170 valence electrons. The largest absolute Gasteiger partial charge is 0.352 e. The summed E-state index contributed by atoms with van der Waals surface area (Å²) in [5.41, 5.74) is 6.88. The molecule has 1 N–H and O–H groups in total. The molecule has 5 nitrogen and oxygen atoms in total. The van der Waals surface area contributed by atoms with Gasteiger partial charge in [-0.1, -0.05) is 19.1 Å². The second-order valence-electron chi connectivity index (χ2n) is 8.25. The highest BCUT2D eigenvalue weighted by atomic mass is 32.2. The van der Waals surface area contributed by atoms with E-state index in [1.165, 1.54) is 4.90 Å². The highest BCUT2D eigenvalue weighted by Gasteiger charge is 2.17. The number of hydrogen-bond donors (Lipinski definition) is 1. The van der Waals surface area contributed by atoms with Crippen LogP contribution in [0.5, 0.6) is 0 Å². The van der Waals surface area contributed by atoms with Gasteiger partial charge in [-0.2, -0.15) is 0 Å². The van der Waals surface area contributed by atoms with E-state index in [-0.39, 0.29) is 6.04 Å². The summed E-state index contributed by atoms with van der Waals surface area (Å²) in [6.45, 7) is 4.30. The van der Waals surface area contributed by atoms with Crippen LogP contribution < -0.4 is 10.7 Å². The van der Waals surface area contributed by atoms with E-state index in [0.717, 1.165) is 51.3 Å². The Hall–Kier alpha value is -3.64. The van der Waals surface area contributed by atoms with E-state index < -0.39 is 0 Å². The number of thioether (sulfide) groups is 1. The fourth-order valence-electron chi connectivity index (χ4n) is 3.98. The fraction of sp³-hybridized carbons (Fsp3) is 0.179. The van der Waals surface area contributed by atoms with Gasteiger partial charge in [0.05, 0.1) is 45.4 Å². The monoisotopic (exact) mass is 465 g/mol. The van der Waals surface area contributed by atoms with Crippen molar-refractivity contribution in [2.45, 2.75) is 31.2 Å². The SMILES string of the molecule is CCC(C)N=c1cc2n(-c3ccc(SC)cc3)c3ccccc3nc-2cc1Nc1cccnc1. The maximum absolute atomic E-state index is 5.04. The van der Waals surface area contributed by atoms with Gasteiger partial charge < -0.3 is 9.88 Å². The fourth-order valence-corrected chi connectivity index (χ4v) is 4.39. The van der Waals surface area contributed by atoms with E-state index in [9.17, 15) is 0 Å². The van der Waals surface area contributed by atoms with E-state index in [2.05, 4.69) is 89.6 Å². The Kier molecular flexibility index (Phi) is 6.32. The van der Waals surface area contributed by atoms with Crippen LogP contribution in [-0.2, 0) is 0 Å². The Morgan fingerprint density at radius 2 is 1.85 bits per heavy atom. The molecular formula is C28H27N5S. The molecule has 0 amide bonds. The van der Waals surface area contributed by atoms with Gasteiger partial charge in [-0.25, -0.2) is 4.98 Å². The van der Waals surface area contributed by atoms with Gasteiger partial charge >= 0.3 is 0 Å². The smallest absolute Gasteiger partial charge is 0.0900 e. The van der Waals surface area contributed by atoms with E-state index in [1.807, 2.05) is 24.4 Å². The molecule has 1 unspecified atom stereocenters. The zero-order valence-electron chi connectivity index (χ0n) is 19.6. The van der Waals surface area contributed by atoms with Gasteiger partial charge in [-0.05, 0) is 80.3 Å². The standard InChI is InChI=1S/C28H27N5S/c1-4-19(2)30-25-17-28-26(16-24(25)31-20-8-7-15-29-18-20)32-23-9-5-6-10-27(23)33(28)21-11-13-22(34-3)14-12-21/h5-19,31H,4H2,1-3H3. The summed E-state index contributed by atoms with van der Waals surface area (Å²) in [5, 5.41) is 4.42. The van der Waals surface area contributed by atoms with Crippen molar-refractivity contribution in [3.8, 4) is 17.1 Å². The predicted octanol–water partition coefficient (Wildman–Crippen LogP) is 6.69. The number of rotatable bonds is 6. The van der Waals surface area contributed by atoms with Gasteiger partial charge in [-0.3, -0.25) is 9.98 Å². The van der Waals surface area contributed by atoms with Crippen LogP contribution in [0.15, 0.2) is 95.1 Å². The summed E-state index contributed by atoms with van der Waals surface area (Å²) < 4.78 is 2.28. The highest BCUT2D eigenvalue weighted by molar-refractivity contribution is 7.98. The van der Waals surface area contributed by atoms with E-state index in [4.69, 9.17) is 9.98 Å². The van der Waals surface area contributed by atoms with Crippen LogP contribution in [0.2, 0.25) is 0 Å². The summed E-state index contributed by atoms with van der Waals surface area (Å²) >= 11 is 1.74. The van der Waals surface area contributed by atoms with E-state index in [1.54, 1.807) is 18.0 Å². The van der Waals surface area contributed by atoms with Crippen molar-refractivity contribution in [1.29, 1.82) is 0 Å². The maximum atomic E-state index is 5.04. The van der Waals surface area contributed by atoms with Gasteiger partial charge in [0.15, 0.2) is 0 Å². The van der Waals surface area contributed by atoms with Crippen LogP contribution in [-0.4, -0.2) is 26.8 Å². The minimum Gasteiger partial charge on any atom is -0.352 e. The lowest BCUT2D eigenvalue weighted by atomic mass is 10.1. The van der Waals surface area contributed by atoms with Crippen molar-refractivity contribution in [2.24, 2.45) is 4.99 Å². The zero-order chi connectivity index (χ0) is 23.5. The first-order valence-electron chi connectivity index (χ1n) is 11.5. The molecule has 5 rings (SSSR count). The molecule has 1 atom stereocenters. The molecule has 3 aromatic rings. The summed E-state index contributed by atoms with van der Waals surface area (Å²) in [6, 6.07) is 25.3. The van der Waals surface area contributed by atoms with Crippen molar-refractivity contribution in [2.75, 3.05) is 11.6 Å². The Bertz CT molecular complexity index is 1460. The number of nitrogens with zero attached hydrogens (tertiary/aromatic N) is 4. The molecule has 2 heterocycles. The second kappa shape index (κ2) is 9.69. The van der Waals surface area contributed by atoms with Crippen molar-refractivity contribution in [3.05, 3.63) is 90.5 Å². The molecule has 1 aromatic heterocycles. The van der Waals surface area contributed by atoms with Crippen LogP contribution in [0.25, 0.3) is 28.1 Å². The third-order valence-electron chi connectivity index (χ3n) is 5.92. The normalized spacial score (nSPS) is 12.9. The van der Waals surface area contributed by atoms with Crippen molar-refractivity contribution >= 4 is 34.2 Å². The number of anilines is 2. The number of pyridine rings is 1. The van der Waals surface area contributed by atoms with E-state index in [0.29, 0.717) is 0 Å². The van der Waals surface area contributed by atoms with Gasteiger partial charge in [0.2, 0.25) is 0 Å². The van der Waals surface area contributed by atoms with Crippen LogP contribution in [0.4, 0.5) is 11.4 Å². The molecule has 0 radical (unpaired) electrons. The van der Waals surface area contributed by atoms with Crippen LogP contribution in [0.3, 0.4) is 0 Å². The molecular weight excluding hydrogens is 438 g/mol. The predicted molar refractivity (Wildman–Crippen MR) is 142 cm³/mol. The van der Waals surface area contributed by atoms with Crippen LogP contribution in [0.1, 0.15) is 20.3 Å². The zero-order valence-corrected chi connectivity index (χ0v) is 20.4. The lowest BCUT2D eigenvalue weighted by molar-refractivity contribution is 0.698. The lowest BCUT2D eigenvalue weighted by Gasteiger charge is -2.20. The number of hydrogen-bond acceptors (Lipinski definition) is 5. The second-order valence-corrected chi connectivity index (χ2v) is 9.12. The molecule has 6 heteroatoms. The van der Waals surface area contributed by atoms with Crippen molar-refractivity contribution < 1.29 is 0 Å². The topological polar surface area (TPSA) is 55.1 Å². The first kappa shape index (κ1) is 22.2. The molecule has 1 aliphatic carbocycles. The van der Waals surface area contributed by atoms with Crippen molar-refractivity contribution in [3.63, 3.8) is 0 Å². The van der Waals surface area contributed by atoms with Gasteiger partial charge in [0.1, 0.15) is 0 Å². The quantitative estimate of drug-likeness (QED) is 0.224. The first-order chi connectivity index (χ1) is 16.7. The van der Waals surface area contributed by atoms with Gasteiger partial charge in [0, 0.05) is 22.8 Å². The van der Waals surface area contributed by atoms with Gasteiger partial charge in [-0.15, -0.1) is 11.8 Å². The Labute approximate surface area is 204 Å². The Balaban J connectivity index is 1.81. The Morgan fingerprint density at radius 1 is 1.03 bits per heavy atom. The minimum absolute atomic E-state index is 0.203. The number of fused-ring (bicyclic) bond motifs is 2. The third-order valence-corrected chi connectivity index (χ3v) is 6.66. The van der Waals surface area contributed by atoms with Crippen LogP contribution >= 0.6 is 11.8 Å². The van der Waals surface area contributed by atoms with Gasteiger partial charge in [0.25, 0.3) is 0 Å². The lowest BCUT2D eigenvalue weighted by Crippen LogP contribution is -2.17. The molecule has 0 spiro atoms. The molecule has 0 saturated carbocycles. The highest BCUT2D eigenvalue weighted by Crippen LogP contribution is 2.31. The van der Waals surface area contributed by atoms with E-state index >= 15 is 0 Å². The number of nitrogens with one attached hydrogen (secondary N) is 1. The number of aromatic nitrogens is 3. The molecule has 0 saturated heterocycles. The molecule has 34 heavy (non-hydrogen) atoms. The first-order valence-corrected chi connectivity index (χ1v) is 12.7. The maximum Gasteiger partial charge on any atom is 0.0900 e. The summed E-state index contributed by atoms with van der Waals surface area (Å²) in [5.74, 6) is 0. The van der Waals surface area contributed by atoms with Crippen molar-refractivity contribution in [1.82, 2.24) is 14.5 Å². The molecule has 2 aliphatic rings. The summed E-state index contributed by atoms with van der Waals surface area (Å²) in [7, 11) is 0. The minimum atomic E-state index is 0.203. The average Bonchev–Trinajstić information content (AvgIpc) is 2.88. The third kappa shape index (κ3) is 4.41. The number of benzene rings is 3.